The minimum Gasteiger partial charge on any atom is -0.497 e. The Bertz CT molecular complexity index is 867. The summed E-state index contributed by atoms with van der Waals surface area (Å²) < 4.78 is 5.17. The lowest BCUT2D eigenvalue weighted by Crippen LogP contribution is -2.41. The number of aryl methyl sites for hydroxylation is 1. The van der Waals surface area contributed by atoms with E-state index in [1.165, 1.54) is 16.7 Å². The molecular formula is C25H33N3O3. The van der Waals surface area contributed by atoms with Crippen LogP contribution in [0, 0.1) is 0 Å². The van der Waals surface area contributed by atoms with Crippen molar-refractivity contribution >= 4 is 11.9 Å². The Balaban J connectivity index is 1.28. The first-order valence-electron chi connectivity index (χ1n) is 11.1. The zero-order chi connectivity index (χ0) is 22.1. The second-order valence-corrected chi connectivity index (χ2v) is 8.13. The summed E-state index contributed by atoms with van der Waals surface area (Å²) in [5.74, 6) is 1.00. The fraction of sp³-hybridized carbons (Fsp3) is 0.440. The Hall–Kier alpha value is -3.02. The number of hydrogen-bond donors (Lipinski definition) is 2. The summed E-state index contributed by atoms with van der Waals surface area (Å²) in [4.78, 5) is 26.5. The average Bonchev–Trinajstić information content (AvgIpc) is 2.80. The van der Waals surface area contributed by atoms with Crippen LogP contribution >= 0.6 is 0 Å². The summed E-state index contributed by atoms with van der Waals surface area (Å²) in [6.07, 6.45) is 3.75. The zero-order valence-electron chi connectivity index (χ0n) is 18.5. The van der Waals surface area contributed by atoms with Crippen molar-refractivity contribution in [3.63, 3.8) is 0 Å². The van der Waals surface area contributed by atoms with Crippen LogP contribution < -0.4 is 15.4 Å². The Kier molecular flexibility index (Phi) is 8.33. The van der Waals surface area contributed by atoms with Crippen LogP contribution in [0.15, 0.2) is 48.5 Å². The summed E-state index contributed by atoms with van der Waals surface area (Å²) in [6, 6.07) is 16.2. The van der Waals surface area contributed by atoms with Crippen LogP contribution in [0.3, 0.4) is 0 Å². The molecule has 1 atom stereocenters. The number of nitrogens with zero attached hydrogens (tertiary/aromatic N) is 1. The number of urea groups is 1. The molecule has 3 amide bonds. The van der Waals surface area contributed by atoms with Crippen LogP contribution in [0.4, 0.5) is 4.79 Å². The highest BCUT2D eigenvalue weighted by Crippen LogP contribution is 2.19. The van der Waals surface area contributed by atoms with Gasteiger partial charge in [0.2, 0.25) is 5.91 Å². The summed E-state index contributed by atoms with van der Waals surface area (Å²) in [6.45, 7) is 3.96. The minimum absolute atomic E-state index is 0.0668. The molecule has 0 aliphatic carbocycles. The molecule has 166 valence electrons. The van der Waals surface area contributed by atoms with Crippen molar-refractivity contribution in [2.45, 2.75) is 51.6 Å². The SMILES string of the molecule is COc1ccc(CCC(C)NC(=O)NCCCC(=O)N2CCc3ccccc3C2)cc1. The van der Waals surface area contributed by atoms with E-state index in [0.29, 0.717) is 25.9 Å². The first-order chi connectivity index (χ1) is 15.0. The molecule has 0 bridgehead atoms. The molecule has 6 heteroatoms. The quantitative estimate of drug-likeness (QED) is 0.605. The van der Waals surface area contributed by atoms with Crippen LogP contribution in [-0.2, 0) is 24.2 Å². The van der Waals surface area contributed by atoms with Crippen LogP contribution in [0.2, 0.25) is 0 Å². The normalized spacial score (nSPS) is 13.8. The molecule has 3 rings (SSSR count). The number of rotatable bonds is 9. The standard InChI is InChI=1S/C25H33N3O3/c1-19(9-10-20-11-13-23(31-2)14-12-20)27-25(30)26-16-5-8-24(29)28-17-15-21-6-3-4-7-22(21)18-28/h3-4,6-7,11-14,19H,5,8-10,15-18H2,1-2H3,(H2,26,27,30). The fourth-order valence-corrected chi connectivity index (χ4v) is 3.83. The molecule has 2 aromatic carbocycles. The van der Waals surface area contributed by atoms with Gasteiger partial charge >= 0.3 is 6.03 Å². The molecule has 1 heterocycles. The van der Waals surface area contributed by atoms with Crippen molar-refractivity contribution in [3.8, 4) is 5.75 Å². The molecule has 31 heavy (non-hydrogen) atoms. The molecule has 2 aromatic rings. The van der Waals surface area contributed by atoms with Gasteiger partial charge in [0.05, 0.1) is 7.11 Å². The smallest absolute Gasteiger partial charge is 0.314 e. The highest BCUT2D eigenvalue weighted by Gasteiger charge is 2.19. The van der Waals surface area contributed by atoms with Gasteiger partial charge in [-0.05, 0) is 61.4 Å². The lowest BCUT2D eigenvalue weighted by molar-refractivity contribution is -0.132. The third-order valence-corrected chi connectivity index (χ3v) is 5.74. The van der Waals surface area contributed by atoms with E-state index < -0.39 is 0 Å². The van der Waals surface area contributed by atoms with Crippen LogP contribution in [0.1, 0.15) is 42.9 Å². The van der Waals surface area contributed by atoms with Crippen molar-refractivity contribution in [2.75, 3.05) is 20.2 Å². The van der Waals surface area contributed by atoms with Gasteiger partial charge in [-0.25, -0.2) is 4.79 Å². The maximum Gasteiger partial charge on any atom is 0.314 e. The number of benzene rings is 2. The molecule has 1 aliphatic rings. The van der Waals surface area contributed by atoms with Gasteiger partial charge in [0, 0.05) is 32.1 Å². The number of carbonyl (C=O) groups excluding carboxylic acids is 2. The lowest BCUT2D eigenvalue weighted by atomic mass is 9.99. The number of carbonyl (C=O) groups is 2. The van der Waals surface area contributed by atoms with E-state index >= 15 is 0 Å². The molecule has 2 N–H and O–H groups in total. The third-order valence-electron chi connectivity index (χ3n) is 5.74. The first kappa shape index (κ1) is 22.7. The van der Waals surface area contributed by atoms with E-state index in [4.69, 9.17) is 4.74 Å². The van der Waals surface area contributed by atoms with Crippen molar-refractivity contribution in [2.24, 2.45) is 0 Å². The zero-order valence-corrected chi connectivity index (χ0v) is 18.5. The molecule has 6 nitrogen and oxygen atoms in total. The predicted octanol–water partition coefficient (Wildman–Crippen LogP) is 3.68. The van der Waals surface area contributed by atoms with Gasteiger partial charge in [-0.15, -0.1) is 0 Å². The van der Waals surface area contributed by atoms with Gasteiger partial charge < -0.3 is 20.3 Å². The van der Waals surface area contributed by atoms with Gasteiger partial charge in [0.15, 0.2) is 0 Å². The minimum atomic E-state index is -0.179. The lowest BCUT2D eigenvalue weighted by Gasteiger charge is -2.29. The second kappa shape index (κ2) is 11.4. The molecule has 0 radical (unpaired) electrons. The Labute approximate surface area is 185 Å². The van der Waals surface area contributed by atoms with Crippen LogP contribution in [-0.4, -0.2) is 43.1 Å². The molecule has 0 saturated heterocycles. The molecule has 0 fully saturated rings. The topological polar surface area (TPSA) is 70.7 Å². The molecule has 0 spiro atoms. The molecular weight excluding hydrogens is 390 g/mol. The highest BCUT2D eigenvalue weighted by atomic mass is 16.5. The number of fused-ring (bicyclic) bond motifs is 1. The van der Waals surface area contributed by atoms with Gasteiger partial charge in [-0.3, -0.25) is 4.79 Å². The van der Waals surface area contributed by atoms with Gasteiger partial charge in [0.25, 0.3) is 0 Å². The molecule has 1 aliphatic heterocycles. The first-order valence-corrected chi connectivity index (χ1v) is 11.1. The van der Waals surface area contributed by atoms with E-state index in [0.717, 1.165) is 31.6 Å². The highest BCUT2D eigenvalue weighted by molar-refractivity contribution is 5.77. The summed E-state index contributed by atoms with van der Waals surface area (Å²) >= 11 is 0. The largest absolute Gasteiger partial charge is 0.497 e. The van der Waals surface area contributed by atoms with Gasteiger partial charge in [-0.2, -0.15) is 0 Å². The number of ether oxygens (including phenoxy) is 1. The van der Waals surface area contributed by atoms with Crippen LogP contribution in [0.25, 0.3) is 0 Å². The summed E-state index contributed by atoms with van der Waals surface area (Å²) in [7, 11) is 1.66. The van der Waals surface area contributed by atoms with Crippen molar-refractivity contribution in [1.29, 1.82) is 0 Å². The summed E-state index contributed by atoms with van der Waals surface area (Å²) in [5.41, 5.74) is 3.79. The Morgan fingerprint density at radius 1 is 1.10 bits per heavy atom. The average molecular weight is 424 g/mol. The molecule has 1 unspecified atom stereocenters. The van der Waals surface area contributed by atoms with E-state index in [1.54, 1.807) is 7.11 Å². The monoisotopic (exact) mass is 423 g/mol. The van der Waals surface area contributed by atoms with Gasteiger partial charge in [-0.1, -0.05) is 36.4 Å². The molecule has 0 saturated carbocycles. The third kappa shape index (κ3) is 7.02. The van der Waals surface area contributed by atoms with E-state index in [9.17, 15) is 9.59 Å². The number of hydrogen-bond acceptors (Lipinski definition) is 3. The number of amides is 3. The van der Waals surface area contributed by atoms with Crippen LogP contribution in [0.5, 0.6) is 5.75 Å². The van der Waals surface area contributed by atoms with E-state index in [-0.39, 0.29) is 18.0 Å². The number of methoxy groups -OCH3 is 1. The predicted molar refractivity (Wildman–Crippen MR) is 122 cm³/mol. The second-order valence-electron chi connectivity index (χ2n) is 8.13. The fourth-order valence-electron chi connectivity index (χ4n) is 3.83. The Morgan fingerprint density at radius 3 is 2.58 bits per heavy atom. The van der Waals surface area contributed by atoms with Crippen molar-refractivity contribution in [1.82, 2.24) is 15.5 Å². The maximum absolute atomic E-state index is 12.5. The number of nitrogens with one attached hydrogen (secondary N) is 2. The maximum atomic E-state index is 12.5. The molecule has 0 aromatic heterocycles. The van der Waals surface area contributed by atoms with Gasteiger partial charge in [0.1, 0.15) is 5.75 Å². The van der Waals surface area contributed by atoms with E-state index in [1.807, 2.05) is 48.2 Å². The van der Waals surface area contributed by atoms with Crippen molar-refractivity contribution < 1.29 is 14.3 Å². The van der Waals surface area contributed by atoms with Crippen molar-refractivity contribution in [3.05, 3.63) is 65.2 Å². The van der Waals surface area contributed by atoms with E-state index in [2.05, 4.69) is 22.8 Å². The summed E-state index contributed by atoms with van der Waals surface area (Å²) in [5, 5.41) is 5.83. The Morgan fingerprint density at radius 2 is 1.84 bits per heavy atom.